The molecule has 1 fully saturated rings. The summed E-state index contributed by atoms with van der Waals surface area (Å²) in [7, 11) is 0. The van der Waals surface area contributed by atoms with E-state index in [0.717, 1.165) is 0 Å². The number of rotatable bonds is 3. The SMILES string of the molecule is CCN1C[C@@H](NC(=O)c2cnc3ccccn3c2=O)CC1=O. The van der Waals surface area contributed by atoms with Gasteiger partial charge in [0.1, 0.15) is 11.2 Å². The van der Waals surface area contributed by atoms with Gasteiger partial charge in [0, 0.05) is 31.9 Å². The standard InChI is InChI=1S/C15H16N4O3/c1-2-18-9-10(7-13(18)20)17-14(21)11-8-16-12-5-3-4-6-19(12)15(11)22/h3-6,8,10H,2,7,9H2,1H3,(H,17,21)/t10-/m0/s1. The van der Waals surface area contributed by atoms with Crippen molar-refractivity contribution in [2.24, 2.45) is 0 Å². The van der Waals surface area contributed by atoms with Crippen LogP contribution in [-0.2, 0) is 4.79 Å². The van der Waals surface area contributed by atoms with E-state index in [9.17, 15) is 14.4 Å². The summed E-state index contributed by atoms with van der Waals surface area (Å²) in [5.41, 5.74) is 0.0446. The fourth-order valence-corrected chi connectivity index (χ4v) is 2.62. The Morgan fingerprint density at radius 1 is 1.41 bits per heavy atom. The summed E-state index contributed by atoms with van der Waals surface area (Å²) in [6.45, 7) is 2.98. The van der Waals surface area contributed by atoms with Gasteiger partial charge in [-0.2, -0.15) is 0 Å². The lowest BCUT2D eigenvalue weighted by Crippen LogP contribution is -2.40. The van der Waals surface area contributed by atoms with Crippen LogP contribution in [0, 0.1) is 0 Å². The number of nitrogens with one attached hydrogen (secondary N) is 1. The summed E-state index contributed by atoms with van der Waals surface area (Å²) in [6.07, 6.45) is 3.11. The zero-order valence-electron chi connectivity index (χ0n) is 12.2. The van der Waals surface area contributed by atoms with Crippen LogP contribution in [0.4, 0.5) is 0 Å². The van der Waals surface area contributed by atoms with Gasteiger partial charge in [-0.25, -0.2) is 4.98 Å². The van der Waals surface area contributed by atoms with Crippen LogP contribution in [-0.4, -0.2) is 45.2 Å². The molecule has 0 saturated carbocycles. The molecule has 2 amide bonds. The van der Waals surface area contributed by atoms with Crippen molar-refractivity contribution in [1.29, 1.82) is 0 Å². The first-order valence-corrected chi connectivity index (χ1v) is 7.15. The molecular formula is C15H16N4O3. The third kappa shape index (κ3) is 2.45. The molecule has 2 aromatic heterocycles. The molecule has 1 atom stereocenters. The number of hydrogen-bond donors (Lipinski definition) is 1. The summed E-state index contributed by atoms with van der Waals surface area (Å²) in [4.78, 5) is 42.0. The third-order valence-electron chi connectivity index (χ3n) is 3.79. The van der Waals surface area contributed by atoms with Crippen LogP contribution in [0.15, 0.2) is 35.4 Å². The van der Waals surface area contributed by atoms with E-state index in [4.69, 9.17) is 0 Å². The largest absolute Gasteiger partial charge is 0.347 e. The van der Waals surface area contributed by atoms with Crippen LogP contribution in [0.3, 0.4) is 0 Å². The number of likely N-dealkylation sites (N-methyl/N-ethyl adjacent to an activating group) is 1. The van der Waals surface area contributed by atoms with Crippen molar-refractivity contribution in [3.63, 3.8) is 0 Å². The van der Waals surface area contributed by atoms with E-state index in [1.54, 1.807) is 29.3 Å². The highest BCUT2D eigenvalue weighted by Gasteiger charge is 2.30. The van der Waals surface area contributed by atoms with Crippen molar-refractivity contribution in [3.05, 3.63) is 46.5 Å². The van der Waals surface area contributed by atoms with Gasteiger partial charge in [-0.05, 0) is 19.1 Å². The van der Waals surface area contributed by atoms with Crippen molar-refractivity contribution in [2.75, 3.05) is 13.1 Å². The zero-order chi connectivity index (χ0) is 15.7. The fourth-order valence-electron chi connectivity index (χ4n) is 2.62. The van der Waals surface area contributed by atoms with Gasteiger partial charge in [0.25, 0.3) is 11.5 Å². The Kier molecular flexibility index (Phi) is 3.62. The molecule has 7 heteroatoms. The second-order valence-corrected chi connectivity index (χ2v) is 5.21. The van der Waals surface area contributed by atoms with Crippen molar-refractivity contribution in [1.82, 2.24) is 19.6 Å². The molecule has 114 valence electrons. The van der Waals surface area contributed by atoms with Gasteiger partial charge in [-0.3, -0.25) is 18.8 Å². The maximum absolute atomic E-state index is 12.3. The Bertz CT molecular complexity index is 799. The number of pyridine rings is 1. The van der Waals surface area contributed by atoms with Gasteiger partial charge in [-0.1, -0.05) is 6.07 Å². The lowest BCUT2D eigenvalue weighted by Gasteiger charge is -2.14. The number of carbonyl (C=O) groups is 2. The maximum Gasteiger partial charge on any atom is 0.270 e. The first-order valence-electron chi connectivity index (χ1n) is 7.15. The van der Waals surface area contributed by atoms with Crippen LogP contribution in [0.2, 0.25) is 0 Å². The minimum atomic E-state index is -0.494. The summed E-state index contributed by atoms with van der Waals surface area (Å²) in [5.74, 6) is -0.479. The average molecular weight is 300 g/mol. The number of hydrogen-bond acceptors (Lipinski definition) is 4. The molecule has 1 N–H and O–H groups in total. The lowest BCUT2D eigenvalue weighted by atomic mass is 10.2. The van der Waals surface area contributed by atoms with Crippen LogP contribution in [0.5, 0.6) is 0 Å². The Morgan fingerprint density at radius 2 is 2.23 bits per heavy atom. The van der Waals surface area contributed by atoms with E-state index >= 15 is 0 Å². The molecule has 0 aliphatic carbocycles. The number of nitrogens with zero attached hydrogens (tertiary/aromatic N) is 3. The summed E-state index contributed by atoms with van der Waals surface area (Å²) < 4.78 is 1.33. The second kappa shape index (κ2) is 5.59. The van der Waals surface area contributed by atoms with E-state index in [1.165, 1.54) is 10.6 Å². The number of aromatic nitrogens is 2. The quantitative estimate of drug-likeness (QED) is 0.868. The third-order valence-corrected chi connectivity index (χ3v) is 3.79. The lowest BCUT2D eigenvalue weighted by molar-refractivity contribution is -0.127. The van der Waals surface area contributed by atoms with Crippen LogP contribution in [0.25, 0.3) is 5.65 Å². The molecule has 2 aromatic rings. The minimum absolute atomic E-state index is 0.0150. The summed E-state index contributed by atoms with van der Waals surface area (Å²) in [6, 6.07) is 4.89. The highest BCUT2D eigenvalue weighted by molar-refractivity contribution is 5.94. The first-order chi connectivity index (χ1) is 10.6. The van der Waals surface area contributed by atoms with Crippen molar-refractivity contribution >= 4 is 17.5 Å². The van der Waals surface area contributed by atoms with Gasteiger partial charge in [0.15, 0.2) is 0 Å². The van der Waals surface area contributed by atoms with Crippen molar-refractivity contribution < 1.29 is 9.59 Å². The van der Waals surface area contributed by atoms with Crippen molar-refractivity contribution in [3.8, 4) is 0 Å². The van der Waals surface area contributed by atoms with E-state index in [0.29, 0.717) is 18.7 Å². The molecule has 0 unspecified atom stereocenters. The van der Waals surface area contributed by atoms with Gasteiger partial charge < -0.3 is 10.2 Å². The maximum atomic E-state index is 12.3. The molecule has 1 aliphatic heterocycles. The predicted octanol–water partition coefficient (Wildman–Crippen LogP) is 0.0451. The number of fused-ring (bicyclic) bond motifs is 1. The molecule has 1 saturated heterocycles. The predicted molar refractivity (Wildman–Crippen MR) is 79.6 cm³/mol. The highest BCUT2D eigenvalue weighted by Crippen LogP contribution is 2.10. The van der Waals surface area contributed by atoms with Gasteiger partial charge in [0.2, 0.25) is 5.91 Å². The monoisotopic (exact) mass is 300 g/mol. The molecule has 7 nitrogen and oxygen atoms in total. The van der Waals surface area contributed by atoms with Crippen LogP contribution >= 0.6 is 0 Å². The molecule has 0 spiro atoms. The second-order valence-electron chi connectivity index (χ2n) is 5.21. The van der Waals surface area contributed by atoms with Gasteiger partial charge in [0.05, 0.1) is 6.04 Å². The van der Waals surface area contributed by atoms with E-state index in [2.05, 4.69) is 10.3 Å². The van der Waals surface area contributed by atoms with Gasteiger partial charge in [-0.15, -0.1) is 0 Å². The average Bonchev–Trinajstić information content (AvgIpc) is 2.87. The van der Waals surface area contributed by atoms with Crippen LogP contribution in [0.1, 0.15) is 23.7 Å². The summed E-state index contributed by atoms with van der Waals surface area (Å²) >= 11 is 0. The smallest absolute Gasteiger partial charge is 0.270 e. The molecule has 1 aliphatic rings. The summed E-state index contributed by atoms with van der Waals surface area (Å²) in [5, 5.41) is 2.74. The normalized spacial score (nSPS) is 18.0. The topological polar surface area (TPSA) is 83.8 Å². The fraction of sp³-hybridized carbons (Fsp3) is 0.333. The Morgan fingerprint density at radius 3 is 2.95 bits per heavy atom. The molecule has 0 aromatic carbocycles. The molecular weight excluding hydrogens is 284 g/mol. The van der Waals surface area contributed by atoms with E-state index in [1.807, 2.05) is 6.92 Å². The zero-order valence-corrected chi connectivity index (χ0v) is 12.2. The van der Waals surface area contributed by atoms with E-state index < -0.39 is 11.5 Å². The first kappa shape index (κ1) is 14.2. The molecule has 0 bridgehead atoms. The number of likely N-dealkylation sites (tertiary alicyclic amines) is 1. The Balaban J connectivity index is 1.83. The Labute approximate surface area is 126 Å². The van der Waals surface area contributed by atoms with E-state index in [-0.39, 0.29) is 23.9 Å². The highest BCUT2D eigenvalue weighted by atomic mass is 16.2. The number of amides is 2. The molecule has 3 heterocycles. The van der Waals surface area contributed by atoms with Crippen molar-refractivity contribution in [2.45, 2.75) is 19.4 Å². The minimum Gasteiger partial charge on any atom is -0.347 e. The van der Waals surface area contributed by atoms with Crippen LogP contribution < -0.4 is 10.9 Å². The molecule has 0 radical (unpaired) electrons. The number of carbonyl (C=O) groups excluding carboxylic acids is 2. The molecule has 22 heavy (non-hydrogen) atoms. The Hall–Kier alpha value is -2.70. The molecule has 3 rings (SSSR count). The van der Waals surface area contributed by atoms with Gasteiger partial charge >= 0.3 is 0 Å².